The molecule has 1 atom stereocenters. The highest BCUT2D eigenvalue weighted by Crippen LogP contribution is 2.34. The summed E-state index contributed by atoms with van der Waals surface area (Å²) in [4.78, 5) is 35.5. The summed E-state index contributed by atoms with van der Waals surface area (Å²) in [7, 11) is 0. The highest BCUT2D eigenvalue weighted by Gasteiger charge is 2.38. The fourth-order valence-electron chi connectivity index (χ4n) is 2.71. The molecule has 1 unspecified atom stereocenters. The molecular formula is C17H22O5. The van der Waals surface area contributed by atoms with Crippen LogP contribution in [0.2, 0.25) is 0 Å². The summed E-state index contributed by atoms with van der Waals surface area (Å²) in [6, 6.07) is 0. The van der Waals surface area contributed by atoms with Gasteiger partial charge in [0.15, 0.2) is 0 Å². The molecule has 0 bridgehead atoms. The average molecular weight is 306 g/mol. The maximum Gasteiger partial charge on any atom is 0.334 e. The van der Waals surface area contributed by atoms with Crippen molar-refractivity contribution in [3.63, 3.8) is 0 Å². The topological polar surface area (TPSA) is 69.7 Å². The maximum absolute atomic E-state index is 12.5. The Hall–Kier alpha value is -1.91. The molecule has 2 aliphatic rings. The van der Waals surface area contributed by atoms with Crippen LogP contribution in [0.4, 0.5) is 0 Å². The Morgan fingerprint density at radius 2 is 2.00 bits per heavy atom. The standard InChI is InChI=1S/C17H22O5/c1-3-21-15(19)12-5-4-10-17(2,11-12)16(20)22-14-8-6-13(18)7-9-14/h4-5,10,14H,3,6-9,11H2,1-2H3. The van der Waals surface area contributed by atoms with Crippen LogP contribution in [0.25, 0.3) is 0 Å². The molecule has 0 aliphatic heterocycles. The van der Waals surface area contributed by atoms with E-state index in [0.29, 0.717) is 37.9 Å². The van der Waals surface area contributed by atoms with E-state index in [1.807, 2.05) is 0 Å². The molecular weight excluding hydrogens is 284 g/mol. The van der Waals surface area contributed by atoms with Gasteiger partial charge in [0.25, 0.3) is 0 Å². The van der Waals surface area contributed by atoms with Crippen molar-refractivity contribution in [2.75, 3.05) is 6.61 Å². The highest BCUT2D eigenvalue weighted by atomic mass is 16.5. The molecule has 0 aromatic heterocycles. The second-order valence-corrected chi connectivity index (χ2v) is 6.01. The molecule has 0 aromatic carbocycles. The van der Waals surface area contributed by atoms with Crippen molar-refractivity contribution in [1.29, 1.82) is 0 Å². The Morgan fingerprint density at radius 1 is 1.32 bits per heavy atom. The van der Waals surface area contributed by atoms with Crippen LogP contribution in [0.15, 0.2) is 23.8 Å². The fraction of sp³-hybridized carbons (Fsp3) is 0.588. The molecule has 0 N–H and O–H groups in total. The first-order valence-corrected chi connectivity index (χ1v) is 7.73. The van der Waals surface area contributed by atoms with E-state index in [4.69, 9.17) is 9.47 Å². The predicted octanol–water partition coefficient (Wildman–Crippen LogP) is 2.50. The Bertz CT molecular complexity index is 521. The molecule has 0 spiro atoms. The summed E-state index contributed by atoms with van der Waals surface area (Å²) >= 11 is 0. The number of ketones is 1. The number of rotatable bonds is 4. The summed E-state index contributed by atoms with van der Waals surface area (Å²) in [6.45, 7) is 3.80. The zero-order valence-corrected chi connectivity index (χ0v) is 13.1. The summed E-state index contributed by atoms with van der Waals surface area (Å²) < 4.78 is 10.5. The molecule has 0 amide bonds. The highest BCUT2D eigenvalue weighted by molar-refractivity contribution is 5.92. The third kappa shape index (κ3) is 3.84. The first kappa shape index (κ1) is 16.5. The number of carbonyl (C=O) groups excluding carboxylic acids is 3. The molecule has 120 valence electrons. The summed E-state index contributed by atoms with van der Waals surface area (Å²) in [5, 5.41) is 0. The molecule has 2 aliphatic carbocycles. The van der Waals surface area contributed by atoms with Gasteiger partial charge in [-0.25, -0.2) is 4.79 Å². The van der Waals surface area contributed by atoms with Gasteiger partial charge in [-0.2, -0.15) is 0 Å². The van der Waals surface area contributed by atoms with Gasteiger partial charge in [-0.3, -0.25) is 9.59 Å². The summed E-state index contributed by atoms with van der Waals surface area (Å²) in [5.41, 5.74) is -0.388. The minimum Gasteiger partial charge on any atom is -0.463 e. The number of esters is 2. The molecule has 5 nitrogen and oxygen atoms in total. The monoisotopic (exact) mass is 306 g/mol. The first-order valence-electron chi connectivity index (χ1n) is 7.73. The van der Waals surface area contributed by atoms with Gasteiger partial charge in [0.05, 0.1) is 12.0 Å². The zero-order chi connectivity index (χ0) is 16.2. The number of Topliss-reactive ketones (excluding diaryl/α,β-unsaturated/α-hetero) is 1. The number of ether oxygens (including phenoxy) is 2. The van der Waals surface area contributed by atoms with E-state index >= 15 is 0 Å². The van der Waals surface area contributed by atoms with Gasteiger partial charge in [0.1, 0.15) is 11.9 Å². The molecule has 1 saturated carbocycles. The number of hydrogen-bond donors (Lipinski definition) is 0. The lowest BCUT2D eigenvalue weighted by Gasteiger charge is -2.30. The third-order valence-corrected chi connectivity index (χ3v) is 4.09. The van der Waals surface area contributed by atoms with Gasteiger partial charge in [0, 0.05) is 18.4 Å². The Balaban J connectivity index is 1.97. The lowest BCUT2D eigenvalue weighted by Crippen LogP contribution is -2.35. The molecule has 0 aromatic rings. The fourth-order valence-corrected chi connectivity index (χ4v) is 2.71. The van der Waals surface area contributed by atoms with E-state index in [2.05, 4.69) is 0 Å². The van der Waals surface area contributed by atoms with Crippen molar-refractivity contribution in [2.45, 2.75) is 52.1 Å². The smallest absolute Gasteiger partial charge is 0.334 e. The number of carbonyl (C=O) groups is 3. The number of hydrogen-bond acceptors (Lipinski definition) is 5. The van der Waals surface area contributed by atoms with Crippen molar-refractivity contribution in [3.05, 3.63) is 23.8 Å². The van der Waals surface area contributed by atoms with Crippen molar-refractivity contribution < 1.29 is 23.9 Å². The first-order chi connectivity index (χ1) is 10.4. The lowest BCUT2D eigenvalue weighted by molar-refractivity contribution is -0.160. The lowest BCUT2D eigenvalue weighted by atomic mass is 9.80. The van der Waals surface area contributed by atoms with Gasteiger partial charge >= 0.3 is 11.9 Å². The van der Waals surface area contributed by atoms with Crippen LogP contribution < -0.4 is 0 Å². The van der Waals surface area contributed by atoms with E-state index in [-0.39, 0.29) is 24.3 Å². The van der Waals surface area contributed by atoms with Gasteiger partial charge in [-0.15, -0.1) is 0 Å². The van der Waals surface area contributed by atoms with Gasteiger partial charge in [-0.1, -0.05) is 18.2 Å². The predicted molar refractivity (Wildman–Crippen MR) is 79.9 cm³/mol. The van der Waals surface area contributed by atoms with Crippen LogP contribution in [0.5, 0.6) is 0 Å². The van der Waals surface area contributed by atoms with E-state index < -0.39 is 11.4 Å². The summed E-state index contributed by atoms with van der Waals surface area (Å²) in [6.07, 6.45) is 7.31. The Kier molecular flexibility index (Phi) is 5.16. The van der Waals surface area contributed by atoms with Crippen LogP contribution in [-0.2, 0) is 23.9 Å². The minimum absolute atomic E-state index is 0.202. The molecule has 5 heteroatoms. The SMILES string of the molecule is CCOC(=O)C1=CC=CC(C)(C(=O)OC2CCC(=O)CC2)C1. The summed E-state index contributed by atoms with van der Waals surface area (Å²) in [5.74, 6) is -0.518. The molecule has 0 heterocycles. The maximum atomic E-state index is 12.5. The van der Waals surface area contributed by atoms with Crippen molar-refractivity contribution in [3.8, 4) is 0 Å². The third-order valence-electron chi connectivity index (χ3n) is 4.09. The van der Waals surface area contributed by atoms with Gasteiger partial charge < -0.3 is 9.47 Å². The molecule has 22 heavy (non-hydrogen) atoms. The van der Waals surface area contributed by atoms with Crippen molar-refractivity contribution in [1.82, 2.24) is 0 Å². The van der Waals surface area contributed by atoms with Gasteiger partial charge in [0.2, 0.25) is 0 Å². The van der Waals surface area contributed by atoms with Crippen LogP contribution >= 0.6 is 0 Å². The van der Waals surface area contributed by atoms with E-state index in [1.54, 1.807) is 32.1 Å². The van der Waals surface area contributed by atoms with Crippen LogP contribution in [0.3, 0.4) is 0 Å². The molecule has 0 radical (unpaired) electrons. The van der Waals surface area contributed by atoms with Crippen LogP contribution in [0.1, 0.15) is 46.0 Å². The van der Waals surface area contributed by atoms with Crippen molar-refractivity contribution in [2.24, 2.45) is 5.41 Å². The number of allylic oxidation sites excluding steroid dienone is 2. The quantitative estimate of drug-likeness (QED) is 0.746. The van der Waals surface area contributed by atoms with Gasteiger partial charge in [-0.05, 0) is 33.1 Å². The Morgan fingerprint density at radius 3 is 2.64 bits per heavy atom. The minimum atomic E-state index is -0.863. The van der Waals surface area contributed by atoms with E-state index in [1.165, 1.54) is 0 Å². The normalized spacial score (nSPS) is 25.5. The molecule has 2 rings (SSSR count). The van der Waals surface area contributed by atoms with Crippen LogP contribution in [0, 0.1) is 5.41 Å². The second-order valence-electron chi connectivity index (χ2n) is 6.01. The largest absolute Gasteiger partial charge is 0.463 e. The average Bonchev–Trinajstić information content (AvgIpc) is 2.50. The van der Waals surface area contributed by atoms with Crippen LogP contribution in [-0.4, -0.2) is 30.4 Å². The van der Waals surface area contributed by atoms with E-state index in [9.17, 15) is 14.4 Å². The Labute approximate surface area is 130 Å². The molecule has 0 saturated heterocycles. The molecule has 1 fully saturated rings. The van der Waals surface area contributed by atoms with E-state index in [0.717, 1.165) is 0 Å². The second kappa shape index (κ2) is 6.90. The van der Waals surface area contributed by atoms with Crippen molar-refractivity contribution >= 4 is 17.7 Å². The zero-order valence-electron chi connectivity index (χ0n) is 13.1.